The van der Waals surface area contributed by atoms with Gasteiger partial charge in [0.15, 0.2) is 0 Å². The minimum atomic E-state index is 0.628. The first-order valence-electron chi connectivity index (χ1n) is 7.67. The fourth-order valence-corrected chi connectivity index (χ4v) is 3.03. The molecule has 106 valence electrons. The molecular formula is C17H23N3. The standard InChI is InChI=1S/C17H23N3/c1-2-20-13-16(12-14-6-4-3-5-7-14)17(19-20)15-8-10-18-11-9-15/h3-7,13,15,18H,2,8-12H2,1H3. The maximum absolute atomic E-state index is 4.84. The summed E-state index contributed by atoms with van der Waals surface area (Å²) in [6.45, 7) is 5.35. The second-order valence-electron chi connectivity index (χ2n) is 5.58. The lowest BCUT2D eigenvalue weighted by Gasteiger charge is -2.22. The predicted molar refractivity (Wildman–Crippen MR) is 82.0 cm³/mol. The zero-order valence-corrected chi connectivity index (χ0v) is 12.2. The molecule has 1 fully saturated rings. The van der Waals surface area contributed by atoms with E-state index in [0.29, 0.717) is 5.92 Å². The van der Waals surface area contributed by atoms with E-state index in [1.807, 2.05) is 0 Å². The molecule has 0 spiro atoms. The van der Waals surface area contributed by atoms with Crippen molar-refractivity contribution in [3.8, 4) is 0 Å². The van der Waals surface area contributed by atoms with Gasteiger partial charge in [-0.05, 0) is 44.0 Å². The van der Waals surface area contributed by atoms with Crippen molar-refractivity contribution in [1.29, 1.82) is 0 Å². The second kappa shape index (κ2) is 6.23. The molecular weight excluding hydrogens is 246 g/mol. The molecule has 1 saturated heterocycles. The highest BCUT2D eigenvalue weighted by molar-refractivity contribution is 5.29. The van der Waals surface area contributed by atoms with Gasteiger partial charge in [-0.1, -0.05) is 30.3 Å². The van der Waals surface area contributed by atoms with Crippen molar-refractivity contribution in [3.05, 3.63) is 53.3 Å². The lowest BCUT2D eigenvalue weighted by molar-refractivity contribution is 0.446. The molecule has 3 rings (SSSR count). The largest absolute Gasteiger partial charge is 0.317 e. The summed E-state index contributed by atoms with van der Waals surface area (Å²) in [5.41, 5.74) is 4.11. The van der Waals surface area contributed by atoms with E-state index in [1.165, 1.54) is 29.7 Å². The van der Waals surface area contributed by atoms with Gasteiger partial charge in [-0.15, -0.1) is 0 Å². The van der Waals surface area contributed by atoms with Gasteiger partial charge in [-0.2, -0.15) is 5.10 Å². The molecule has 1 aliphatic heterocycles. The van der Waals surface area contributed by atoms with Gasteiger partial charge in [-0.3, -0.25) is 4.68 Å². The molecule has 1 aromatic carbocycles. The molecule has 2 aromatic rings. The Morgan fingerprint density at radius 2 is 1.95 bits per heavy atom. The Labute approximate surface area is 121 Å². The topological polar surface area (TPSA) is 29.9 Å². The van der Waals surface area contributed by atoms with Crippen LogP contribution < -0.4 is 5.32 Å². The Morgan fingerprint density at radius 1 is 1.20 bits per heavy atom. The molecule has 3 heteroatoms. The van der Waals surface area contributed by atoms with E-state index in [4.69, 9.17) is 5.10 Å². The molecule has 1 N–H and O–H groups in total. The monoisotopic (exact) mass is 269 g/mol. The fourth-order valence-electron chi connectivity index (χ4n) is 3.03. The summed E-state index contributed by atoms with van der Waals surface area (Å²) in [4.78, 5) is 0. The van der Waals surface area contributed by atoms with E-state index in [1.54, 1.807) is 0 Å². The smallest absolute Gasteiger partial charge is 0.0691 e. The normalized spacial score (nSPS) is 16.4. The van der Waals surface area contributed by atoms with Crippen molar-refractivity contribution < 1.29 is 0 Å². The van der Waals surface area contributed by atoms with Crippen LogP contribution in [0.15, 0.2) is 36.5 Å². The summed E-state index contributed by atoms with van der Waals surface area (Å²) in [6, 6.07) is 10.7. The summed E-state index contributed by atoms with van der Waals surface area (Å²) in [5, 5.41) is 8.28. The average molecular weight is 269 g/mol. The van der Waals surface area contributed by atoms with Crippen molar-refractivity contribution in [1.82, 2.24) is 15.1 Å². The third kappa shape index (κ3) is 2.93. The number of benzene rings is 1. The van der Waals surface area contributed by atoms with E-state index >= 15 is 0 Å². The number of aromatic nitrogens is 2. The minimum Gasteiger partial charge on any atom is -0.317 e. The van der Waals surface area contributed by atoms with Crippen LogP contribution in [0, 0.1) is 0 Å². The van der Waals surface area contributed by atoms with Crippen molar-refractivity contribution >= 4 is 0 Å². The van der Waals surface area contributed by atoms with E-state index in [-0.39, 0.29) is 0 Å². The maximum atomic E-state index is 4.84. The van der Waals surface area contributed by atoms with Crippen molar-refractivity contribution in [2.24, 2.45) is 0 Å². The van der Waals surface area contributed by atoms with Crippen LogP contribution in [0.25, 0.3) is 0 Å². The van der Waals surface area contributed by atoms with Crippen LogP contribution in [0.3, 0.4) is 0 Å². The number of nitrogens with zero attached hydrogens (tertiary/aromatic N) is 2. The third-order valence-electron chi connectivity index (χ3n) is 4.16. The highest BCUT2D eigenvalue weighted by Crippen LogP contribution is 2.28. The number of hydrogen-bond donors (Lipinski definition) is 1. The van der Waals surface area contributed by atoms with Crippen molar-refractivity contribution in [3.63, 3.8) is 0 Å². The molecule has 0 bridgehead atoms. The minimum absolute atomic E-state index is 0.628. The first-order chi connectivity index (χ1) is 9.86. The van der Waals surface area contributed by atoms with Crippen LogP contribution in [-0.4, -0.2) is 22.9 Å². The number of piperidine rings is 1. The van der Waals surface area contributed by atoms with Crippen LogP contribution >= 0.6 is 0 Å². The van der Waals surface area contributed by atoms with Crippen LogP contribution in [0.2, 0.25) is 0 Å². The number of rotatable bonds is 4. The van der Waals surface area contributed by atoms with Gasteiger partial charge in [0.25, 0.3) is 0 Å². The van der Waals surface area contributed by atoms with Gasteiger partial charge in [0.1, 0.15) is 0 Å². The Morgan fingerprint density at radius 3 is 2.65 bits per heavy atom. The van der Waals surface area contributed by atoms with Crippen LogP contribution in [0.4, 0.5) is 0 Å². The van der Waals surface area contributed by atoms with Gasteiger partial charge in [0.2, 0.25) is 0 Å². The molecule has 20 heavy (non-hydrogen) atoms. The molecule has 1 aromatic heterocycles. The van der Waals surface area contributed by atoms with Gasteiger partial charge in [-0.25, -0.2) is 0 Å². The first-order valence-corrected chi connectivity index (χ1v) is 7.67. The van der Waals surface area contributed by atoms with Crippen LogP contribution in [0.5, 0.6) is 0 Å². The summed E-state index contributed by atoms with van der Waals surface area (Å²) in [7, 11) is 0. The summed E-state index contributed by atoms with van der Waals surface area (Å²) < 4.78 is 2.09. The molecule has 3 nitrogen and oxygen atoms in total. The lowest BCUT2D eigenvalue weighted by Crippen LogP contribution is -2.27. The highest BCUT2D eigenvalue weighted by atomic mass is 15.3. The zero-order chi connectivity index (χ0) is 13.8. The van der Waals surface area contributed by atoms with E-state index < -0.39 is 0 Å². The molecule has 0 saturated carbocycles. The van der Waals surface area contributed by atoms with E-state index in [0.717, 1.165) is 26.1 Å². The van der Waals surface area contributed by atoms with Gasteiger partial charge >= 0.3 is 0 Å². The summed E-state index contributed by atoms with van der Waals surface area (Å²) >= 11 is 0. The third-order valence-corrected chi connectivity index (χ3v) is 4.16. The molecule has 0 radical (unpaired) electrons. The summed E-state index contributed by atoms with van der Waals surface area (Å²) in [6.07, 6.45) is 5.66. The molecule has 1 aliphatic rings. The Hall–Kier alpha value is -1.61. The quantitative estimate of drug-likeness (QED) is 0.925. The highest BCUT2D eigenvalue weighted by Gasteiger charge is 2.21. The lowest BCUT2D eigenvalue weighted by atomic mass is 9.90. The SMILES string of the molecule is CCn1cc(Cc2ccccc2)c(C2CCNCC2)n1. The number of aryl methyl sites for hydroxylation is 1. The molecule has 0 aliphatic carbocycles. The average Bonchev–Trinajstić information content (AvgIpc) is 2.92. The Kier molecular flexibility index (Phi) is 4.16. The van der Waals surface area contributed by atoms with Gasteiger partial charge in [0, 0.05) is 25.1 Å². The molecule has 2 heterocycles. The van der Waals surface area contributed by atoms with Crippen LogP contribution in [-0.2, 0) is 13.0 Å². The van der Waals surface area contributed by atoms with Crippen LogP contribution in [0.1, 0.15) is 42.5 Å². The molecule has 0 atom stereocenters. The number of nitrogens with one attached hydrogen (secondary N) is 1. The first kappa shape index (κ1) is 13.4. The molecule has 0 unspecified atom stereocenters. The van der Waals surface area contributed by atoms with Gasteiger partial charge < -0.3 is 5.32 Å². The summed E-state index contributed by atoms with van der Waals surface area (Å²) in [5.74, 6) is 0.628. The molecule has 0 amide bonds. The number of hydrogen-bond acceptors (Lipinski definition) is 2. The van der Waals surface area contributed by atoms with Crippen molar-refractivity contribution in [2.45, 2.75) is 38.6 Å². The van der Waals surface area contributed by atoms with E-state index in [2.05, 4.69) is 53.5 Å². The second-order valence-corrected chi connectivity index (χ2v) is 5.58. The van der Waals surface area contributed by atoms with E-state index in [9.17, 15) is 0 Å². The van der Waals surface area contributed by atoms with Crippen molar-refractivity contribution in [2.75, 3.05) is 13.1 Å². The zero-order valence-electron chi connectivity index (χ0n) is 12.2. The maximum Gasteiger partial charge on any atom is 0.0691 e. The Balaban J connectivity index is 1.86. The van der Waals surface area contributed by atoms with Gasteiger partial charge in [0.05, 0.1) is 5.69 Å². The Bertz CT molecular complexity index is 539. The predicted octanol–water partition coefficient (Wildman–Crippen LogP) is 2.96. The fraction of sp³-hybridized carbons (Fsp3) is 0.471.